The van der Waals surface area contributed by atoms with Crippen molar-refractivity contribution < 1.29 is 19.1 Å². The summed E-state index contributed by atoms with van der Waals surface area (Å²) >= 11 is 7.49. The highest BCUT2D eigenvalue weighted by Gasteiger charge is 2.29. The Morgan fingerprint density at radius 1 is 0.971 bits per heavy atom. The number of hydrogen-bond acceptors (Lipinski definition) is 5. The molecule has 0 bridgehead atoms. The van der Waals surface area contributed by atoms with E-state index in [1.165, 1.54) is 11.3 Å². The van der Waals surface area contributed by atoms with Crippen molar-refractivity contribution in [3.8, 4) is 0 Å². The second-order valence-electron chi connectivity index (χ2n) is 8.88. The Morgan fingerprint density at radius 2 is 1.69 bits per heavy atom. The molecule has 2 unspecified atom stereocenters. The third-order valence-corrected chi connectivity index (χ3v) is 7.86. The first-order valence-corrected chi connectivity index (χ1v) is 13.0. The molecule has 35 heavy (non-hydrogen) atoms. The van der Waals surface area contributed by atoms with Crippen LogP contribution in [0.5, 0.6) is 0 Å². The van der Waals surface area contributed by atoms with Crippen LogP contribution >= 0.6 is 22.9 Å². The SMILES string of the molecule is O=C(NC1CCCCC1NC(=O)c1cc2ccc(Cl)cc2s1)c1ccc(N2CCOCC2=O)cc1. The minimum absolute atomic E-state index is 0.0757. The van der Waals surface area contributed by atoms with Gasteiger partial charge in [0.25, 0.3) is 17.7 Å². The summed E-state index contributed by atoms with van der Waals surface area (Å²) in [5, 5.41) is 7.89. The van der Waals surface area contributed by atoms with E-state index in [9.17, 15) is 14.4 Å². The number of benzene rings is 2. The summed E-state index contributed by atoms with van der Waals surface area (Å²) in [7, 11) is 0. The summed E-state index contributed by atoms with van der Waals surface area (Å²) in [6, 6.07) is 14.2. The first-order valence-electron chi connectivity index (χ1n) is 11.8. The van der Waals surface area contributed by atoms with Gasteiger partial charge in [0.1, 0.15) is 6.61 Å². The number of anilines is 1. The highest BCUT2D eigenvalue weighted by molar-refractivity contribution is 7.20. The Balaban J connectivity index is 1.24. The lowest BCUT2D eigenvalue weighted by Gasteiger charge is -2.32. The van der Waals surface area contributed by atoms with Gasteiger partial charge < -0.3 is 20.3 Å². The molecule has 1 saturated heterocycles. The number of thiophene rings is 1. The molecule has 2 aromatic carbocycles. The summed E-state index contributed by atoms with van der Waals surface area (Å²) in [5.41, 5.74) is 1.27. The van der Waals surface area contributed by atoms with Gasteiger partial charge in [-0.05, 0) is 60.7 Å². The van der Waals surface area contributed by atoms with Crippen molar-refractivity contribution in [3.63, 3.8) is 0 Å². The summed E-state index contributed by atoms with van der Waals surface area (Å²) in [5.74, 6) is -0.406. The molecule has 2 N–H and O–H groups in total. The van der Waals surface area contributed by atoms with Crippen LogP contribution in [-0.4, -0.2) is 49.6 Å². The number of carbonyl (C=O) groups is 3. The number of amides is 3. The molecule has 2 heterocycles. The predicted molar refractivity (Wildman–Crippen MR) is 137 cm³/mol. The Morgan fingerprint density at radius 3 is 2.40 bits per heavy atom. The number of nitrogens with one attached hydrogen (secondary N) is 2. The van der Waals surface area contributed by atoms with Crippen LogP contribution in [0.4, 0.5) is 5.69 Å². The molecule has 2 atom stereocenters. The third kappa shape index (κ3) is 5.34. The van der Waals surface area contributed by atoms with Crippen molar-refractivity contribution in [2.75, 3.05) is 24.7 Å². The van der Waals surface area contributed by atoms with E-state index in [1.54, 1.807) is 29.2 Å². The zero-order chi connectivity index (χ0) is 24.4. The average Bonchev–Trinajstić information content (AvgIpc) is 3.29. The second kappa shape index (κ2) is 10.4. The van der Waals surface area contributed by atoms with Gasteiger partial charge in [0.2, 0.25) is 0 Å². The lowest BCUT2D eigenvalue weighted by molar-refractivity contribution is -0.125. The summed E-state index contributed by atoms with van der Waals surface area (Å²) in [6.45, 7) is 1.07. The maximum atomic E-state index is 13.0. The fourth-order valence-electron chi connectivity index (χ4n) is 4.67. The zero-order valence-electron chi connectivity index (χ0n) is 19.1. The first kappa shape index (κ1) is 23.8. The van der Waals surface area contributed by atoms with Gasteiger partial charge in [0.05, 0.1) is 11.5 Å². The third-order valence-electron chi connectivity index (χ3n) is 6.53. The fraction of sp³-hybridized carbons (Fsp3) is 0.346. The van der Waals surface area contributed by atoms with Gasteiger partial charge in [-0.1, -0.05) is 30.5 Å². The van der Waals surface area contributed by atoms with E-state index in [0.29, 0.717) is 28.6 Å². The van der Waals surface area contributed by atoms with E-state index in [-0.39, 0.29) is 36.4 Å². The average molecular weight is 512 g/mol. The van der Waals surface area contributed by atoms with E-state index in [0.717, 1.165) is 41.5 Å². The highest BCUT2D eigenvalue weighted by atomic mass is 35.5. The molecule has 0 spiro atoms. The number of carbonyl (C=O) groups excluding carboxylic acids is 3. The van der Waals surface area contributed by atoms with Gasteiger partial charge in [0, 0.05) is 39.6 Å². The molecule has 5 rings (SSSR count). The Labute approximate surface area is 212 Å². The first-order chi connectivity index (χ1) is 17.0. The van der Waals surface area contributed by atoms with Crippen LogP contribution in [0.2, 0.25) is 5.02 Å². The molecular weight excluding hydrogens is 486 g/mol. The van der Waals surface area contributed by atoms with Crippen LogP contribution in [0, 0.1) is 0 Å². The zero-order valence-corrected chi connectivity index (χ0v) is 20.7. The van der Waals surface area contributed by atoms with E-state index in [1.807, 2.05) is 24.3 Å². The number of hydrogen-bond donors (Lipinski definition) is 2. The monoisotopic (exact) mass is 511 g/mol. The van der Waals surface area contributed by atoms with Gasteiger partial charge in [-0.2, -0.15) is 0 Å². The van der Waals surface area contributed by atoms with Gasteiger partial charge in [0.15, 0.2) is 0 Å². The number of morpholine rings is 1. The highest BCUT2D eigenvalue weighted by Crippen LogP contribution is 2.29. The minimum Gasteiger partial charge on any atom is -0.370 e. The smallest absolute Gasteiger partial charge is 0.261 e. The second-order valence-corrected chi connectivity index (χ2v) is 10.4. The molecule has 1 aromatic heterocycles. The predicted octanol–water partition coefficient (Wildman–Crippen LogP) is 4.39. The largest absolute Gasteiger partial charge is 0.370 e. The molecule has 9 heteroatoms. The van der Waals surface area contributed by atoms with Gasteiger partial charge >= 0.3 is 0 Å². The van der Waals surface area contributed by atoms with Crippen LogP contribution in [-0.2, 0) is 9.53 Å². The van der Waals surface area contributed by atoms with Crippen LogP contribution in [0.3, 0.4) is 0 Å². The summed E-state index contributed by atoms with van der Waals surface area (Å²) < 4.78 is 6.15. The molecule has 182 valence electrons. The van der Waals surface area contributed by atoms with Crippen LogP contribution in [0.15, 0.2) is 48.5 Å². The topological polar surface area (TPSA) is 87.7 Å². The molecule has 1 aliphatic carbocycles. The number of halogens is 1. The van der Waals surface area contributed by atoms with Gasteiger partial charge in [-0.3, -0.25) is 14.4 Å². The van der Waals surface area contributed by atoms with Gasteiger partial charge in [-0.15, -0.1) is 11.3 Å². The van der Waals surface area contributed by atoms with Crippen LogP contribution in [0.25, 0.3) is 10.1 Å². The molecule has 2 fully saturated rings. The molecule has 3 aromatic rings. The molecule has 3 amide bonds. The molecule has 1 saturated carbocycles. The number of fused-ring (bicyclic) bond motifs is 1. The molecular formula is C26H26ClN3O4S. The molecule has 7 nitrogen and oxygen atoms in total. The number of ether oxygens (including phenoxy) is 1. The van der Waals surface area contributed by atoms with E-state index >= 15 is 0 Å². The number of rotatable bonds is 5. The van der Waals surface area contributed by atoms with Crippen molar-refractivity contribution in [3.05, 3.63) is 64.0 Å². The Bertz CT molecular complexity index is 1260. The fourth-order valence-corrected chi connectivity index (χ4v) is 5.91. The summed E-state index contributed by atoms with van der Waals surface area (Å²) in [4.78, 5) is 40.3. The van der Waals surface area contributed by atoms with Crippen LogP contribution < -0.4 is 15.5 Å². The Kier molecular flexibility index (Phi) is 7.04. The van der Waals surface area contributed by atoms with E-state index < -0.39 is 0 Å². The van der Waals surface area contributed by atoms with E-state index in [2.05, 4.69) is 10.6 Å². The van der Waals surface area contributed by atoms with E-state index in [4.69, 9.17) is 16.3 Å². The summed E-state index contributed by atoms with van der Waals surface area (Å²) in [6.07, 6.45) is 3.61. The quantitative estimate of drug-likeness (QED) is 0.532. The standard InChI is InChI=1S/C26H26ClN3O4S/c27-18-8-5-17-13-23(35-22(17)14-18)26(33)29-21-4-2-1-3-20(21)28-25(32)16-6-9-19(10-7-16)30-11-12-34-15-24(30)31/h5-10,13-14,20-21H,1-4,11-12,15H2,(H,28,32)(H,29,33). The lowest BCUT2D eigenvalue weighted by Crippen LogP contribution is -2.53. The minimum atomic E-state index is -0.187. The molecule has 1 aliphatic heterocycles. The van der Waals surface area contributed by atoms with Crippen LogP contribution in [0.1, 0.15) is 45.7 Å². The lowest BCUT2D eigenvalue weighted by atomic mass is 9.90. The molecule has 0 radical (unpaired) electrons. The van der Waals surface area contributed by atoms with Crippen molar-refractivity contribution in [2.24, 2.45) is 0 Å². The molecule has 2 aliphatic rings. The van der Waals surface area contributed by atoms with Crippen molar-refractivity contribution in [2.45, 2.75) is 37.8 Å². The van der Waals surface area contributed by atoms with Crippen molar-refractivity contribution in [1.82, 2.24) is 10.6 Å². The van der Waals surface area contributed by atoms with Crippen molar-refractivity contribution >= 4 is 56.4 Å². The maximum absolute atomic E-state index is 13.0. The normalized spacial score (nSPS) is 20.6. The maximum Gasteiger partial charge on any atom is 0.261 e. The number of nitrogens with zero attached hydrogens (tertiary/aromatic N) is 1. The van der Waals surface area contributed by atoms with Crippen molar-refractivity contribution in [1.29, 1.82) is 0 Å². The van der Waals surface area contributed by atoms with Gasteiger partial charge in [-0.25, -0.2) is 0 Å². The Hall–Kier alpha value is -2.94.